The lowest BCUT2D eigenvalue weighted by Crippen LogP contribution is -2.36. The molecule has 2 amide bonds. The Balaban J connectivity index is 1.51. The Labute approximate surface area is 196 Å². The van der Waals surface area contributed by atoms with E-state index < -0.39 is 0 Å². The van der Waals surface area contributed by atoms with Crippen LogP contribution in [0.1, 0.15) is 50.8 Å². The second-order valence-corrected chi connectivity index (χ2v) is 8.64. The summed E-state index contributed by atoms with van der Waals surface area (Å²) in [6.07, 6.45) is 1.09. The lowest BCUT2D eigenvalue weighted by Gasteiger charge is -2.23. The first-order valence-corrected chi connectivity index (χ1v) is 11.6. The predicted molar refractivity (Wildman–Crippen MR) is 134 cm³/mol. The van der Waals surface area contributed by atoms with Crippen molar-refractivity contribution in [3.63, 3.8) is 0 Å². The van der Waals surface area contributed by atoms with Crippen LogP contribution in [0.5, 0.6) is 0 Å². The molecule has 33 heavy (non-hydrogen) atoms. The average Bonchev–Trinajstić information content (AvgIpc) is 3.00. The van der Waals surface area contributed by atoms with Crippen LogP contribution in [0.15, 0.2) is 66.7 Å². The Bertz CT molecular complexity index is 1150. The molecule has 0 radical (unpaired) electrons. The van der Waals surface area contributed by atoms with Crippen molar-refractivity contribution in [2.24, 2.45) is 0 Å². The van der Waals surface area contributed by atoms with Gasteiger partial charge in [-0.15, -0.1) is 0 Å². The first kappa shape index (κ1) is 22.7. The molecule has 0 spiro atoms. The topological polar surface area (TPSA) is 52.6 Å². The maximum Gasteiger partial charge on any atom is 0.258 e. The molecule has 0 aliphatic carbocycles. The van der Waals surface area contributed by atoms with Crippen LogP contribution >= 0.6 is 0 Å². The zero-order valence-electron chi connectivity index (χ0n) is 19.6. The summed E-state index contributed by atoms with van der Waals surface area (Å²) < 4.78 is 0. The first-order chi connectivity index (χ1) is 16.0. The SMILES string of the molecule is CCCN1CCN(C(=O)c2ccc(NC(=O)c3cccc(C)c3C)cc2)c2ccccc2C1. The zero-order chi connectivity index (χ0) is 23.4. The summed E-state index contributed by atoms with van der Waals surface area (Å²) in [6.45, 7) is 9.50. The fraction of sp³-hybridized carbons (Fsp3) is 0.286. The molecule has 5 heteroatoms. The number of carbonyl (C=O) groups excluding carboxylic acids is 2. The molecule has 1 aliphatic heterocycles. The molecule has 5 nitrogen and oxygen atoms in total. The minimum Gasteiger partial charge on any atom is -0.322 e. The van der Waals surface area contributed by atoms with Gasteiger partial charge in [0.1, 0.15) is 0 Å². The Hall–Kier alpha value is -3.44. The van der Waals surface area contributed by atoms with Crippen molar-refractivity contribution in [2.45, 2.75) is 33.7 Å². The standard InChI is InChI=1S/C28H31N3O2/c1-4-16-30-17-18-31(26-11-6-5-9-23(26)19-30)28(33)22-12-14-24(15-13-22)29-27(32)25-10-7-8-20(2)21(25)3/h5-15H,4,16-19H2,1-3H3,(H,29,32). The van der Waals surface area contributed by atoms with Crippen LogP contribution in [-0.2, 0) is 6.54 Å². The van der Waals surface area contributed by atoms with E-state index in [1.54, 1.807) is 24.3 Å². The molecule has 0 unspecified atom stereocenters. The van der Waals surface area contributed by atoms with Crippen molar-refractivity contribution in [3.8, 4) is 0 Å². The molecule has 0 saturated heterocycles. The van der Waals surface area contributed by atoms with Crippen molar-refractivity contribution in [1.29, 1.82) is 0 Å². The Morgan fingerprint density at radius 1 is 0.909 bits per heavy atom. The van der Waals surface area contributed by atoms with Crippen molar-refractivity contribution < 1.29 is 9.59 Å². The molecule has 0 bridgehead atoms. The largest absolute Gasteiger partial charge is 0.322 e. The molecule has 170 valence electrons. The molecule has 3 aromatic rings. The van der Waals surface area contributed by atoms with Crippen LogP contribution in [0.3, 0.4) is 0 Å². The van der Waals surface area contributed by atoms with Crippen LogP contribution in [0.4, 0.5) is 11.4 Å². The number of amides is 2. The van der Waals surface area contributed by atoms with E-state index in [4.69, 9.17) is 0 Å². The summed E-state index contributed by atoms with van der Waals surface area (Å²) in [5.74, 6) is -0.166. The third kappa shape index (κ3) is 4.99. The van der Waals surface area contributed by atoms with Crippen LogP contribution in [-0.4, -0.2) is 36.3 Å². The fourth-order valence-corrected chi connectivity index (χ4v) is 4.36. The van der Waals surface area contributed by atoms with Gasteiger partial charge in [0.15, 0.2) is 0 Å². The number of rotatable bonds is 5. The molecule has 1 aliphatic rings. The van der Waals surface area contributed by atoms with Gasteiger partial charge >= 0.3 is 0 Å². The summed E-state index contributed by atoms with van der Waals surface area (Å²) in [7, 11) is 0. The minimum atomic E-state index is -0.146. The molecule has 3 aromatic carbocycles. The third-order valence-electron chi connectivity index (χ3n) is 6.34. The number of para-hydroxylation sites is 1. The van der Waals surface area contributed by atoms with E-state index >= 15 is 0 Å². The molecule has 1 heterocycles. The highest BCUT2D eigenvalue weighted by molar-refractivity contribution is 6.08. The Kier molecular flexibility index (Phi) is 6.90. The van der Waals surface area contributed by atoms with Crippen LogP contribution in [0.25, 0.3) is 0 Å². The highest BCUT2D eigenvalue weighted by Crippen LogP contribution is 2.27. The van der Waals surface area contributed by atoms with Gasteiger partial charge in [0, 0.05) is 42.1 Å². The van der Waals surface area contributed by atoms with Gasteiger partial charge in [-0.25, -0.2) is 0 Å². The van der Waals surface area contributed by atoms with E-state index in [0.29, 0.717) is 23.4 Å². The number of aryl methyl sites for hydroxylation is 1. The van der Waals surface area contributed by atoms with Gasteiger partial charge in [0.05, 0.1) is 0 Å². The Morgan fingerprint density at radius 2 is 1.67 bits per heavy atom. The van der Waals surface area contributed by atoms with Gasteiger partial charge in [0.2, 0.25) is 0 Å². The number of hydrogen-bond donors (Lipinski definition) is 1. The maximum absolute atomic E-state index is 13.4. The number of anilines is 2. The zero-order valence-corrected chi connectivity index (χ0v) is 19.6. The van der Waals surface area contributed by atoms with Gasteiger partial charge in [-0.3, -0.25) is 14.5 Å². The van der Waals surface area contributed by atoms with Crippen LogP contribution in [0, 0.1) is 13.8 Å². The smallest absolute Gasteiger partial charge is 0.258 e. The highest BCUT2D eigenvalue weighted by atomic mass is 16.2. The minimum absolute atomic E-state index is 0.0202. The predicted octanol–water partition coefficient (Wildman–Crippen LogP) is 5.43. The number of fused-ring (bicyclic) bond motifs is 1. The van der Waals surface area contributed by atoms with Gasteiger partial charge in [-0.1, -0.05) is 37.3 Å². The lowest BCUT2D eigenvalue weighted by molar-refractivity contribution is 0.0984. The van der Waals surface area contributed by atoms with Crippen molar-refractivity contribution in [1.82, 2.24) is 4.90 Å². The fourth-order valence-electron chi connectivity index (χ4n) is 4.36. The molecule has 1 N–H and O–H groups in total. The summed E-state index contributed by atoms with van der Waals surface area (Å²) in [5.41, 5.74) is 6.15. The number of hydrogen-bond acceptors (Lipinski definition) is 3. The number of nitrogens with zero attached hydrogens (tertiary/aromatic N) is 2. The van der Waals surface area contributed by atoms with Gasteiger partial charge in [-0.2, -0.15) is 0 Å². The van der Waals surface area contributed by atoms with E-state index in [-0.39, 0.29) is 11.8 Å². The second-order valence-electron chi connectivity index (χ2n) is 8.64. The quantitative estimate of drug-likeness (QED) is 0.575. The van der Waals surface area contributed by atoms with Gasteiger partial charge < -0.3 is 10.2 Å². The van der Waals surface area contributed by atoms with Gasteiger partial charge in [0.25, 0.3) is 11.8 Å². The summed E-state index contributed by atoms with van der Waals surface area (Å²) in [4.78, 5) is 30.4. The molecule has 4 rings (SSSR count). The molecular weight excluding hydrogens is 410 g/mol. The van der Waals surface area contributed by atoms with E-state index in [0.717, 1.165) is 42.9 Å². The second kappa shape index (κ2) is 10.0. The molecule has 0 aromatic heterocycles. The van der Waals surface area contributed by atoms with Crippen LogP contribution < -0.4 is 10.2 Å². The summed E-state index contributed by atoms with van der Waals surface area (Å²) >= 11 is 0. The lowest BCUT2D eigenvalue weighted by atomic mass is 10.0. The average molecular weight is 442 g/mol. The first-order valence-electron chi connectivity index (χ1n) is 11.6. The van der Waals surface area contributed by atoms with Gasteiger partial charge in [-0.05, 0) is 79.9 Å². The van der Waals surface area contributed by atoms with Crippen molar-refractivity contribution in [2.75, 3.05) is 29.9 Å². The number of benzene rings is 3. The van der Waals surface area contributed by atoms with E-state index in [2.05, 4.69) is 23.2 Å². The van der Waals surface area contributed by atoms with E-state index in [1.807, 2.05) is 55.1 Å². The summed E-state index contributed by atoms with van der Waals surface area (Å²) in [5, 5.41) is 2.95. The molecule has 0 saturated carbocycles. The molecular formula is C28H31N3O2. The highest BCUT2D eigenvalue weighted by Gasteiger charge is 2.24. The maximum atomic E-state index is 13.4. The summed E-state index contributed by atoms with van der Waals surface area (Å²) in [6, 6.07) is 21.0. The van der Waals surface area contributed by atoms with E-state index in [9.17, 15) is 9.59 Å². The number of carbonyl (C=O) groups is 2. The molecule has 0 atom stereocenters. The molecule has 0 fully saturated rings. The van der Waals surface area contributed by atoms with Crippen molar-refractivity contribution >= 4 is 23.2 Å². The van der Waals surface area contributed by atoms with E-state index in [1.165, 1.54) is 5.56 Å². The van der Waals surface area contributed by atoms with Crippen LogP contribution in [0.2, 0.25) is 0 Å². The third-order valence-corrected chi connectivity index (χ3v) is 6.34. The van der Waals surface area contributed by atoms with Crippen molar-refractivity contribution in [3.05, 3.63) is 94.5 Å². The normalized spacial score (nSPS) is 13.8. The Morgan fingerprint density at radius 3 is 2.42 bits per heavy atom. The monoisotopic (exact) mass is 441 g/mol. The number of nitrogens with one attached hydrogen (secondary N) is 1.